The molecule has 2 N–H and O–H groups in total. The summed E-state index contributed by atoms with van der Waals surface area (Å²) in [4.78, 5) is 11.7. The number of benzene rings is 1. The Hall–Kier alpha value is -1.26. The number of amides is 1. The summed E-state index contributed by atoms with van der Waals surface area (Å²) in [5, 5.41) is 6.40. The maximum atomic E-state index is 11.7. The Bertz CT molecular complexity index is 417. The van der Waals surface area contributed by atoms with E-state index in [0.29, 0.717) is 30.9 Å². The quantitative estimate of drug-likeness (QED) is 0.854. The van der Waals surface area contributed by atoms with Crippen molar-refractivity contribution in [2.45, 2.75) is 12.5 Å². The number of piperidine rings is 1. The molecule has 2 aliphatic rings. The molecule has 1 aliphatic carbocycles. The molecule has 19 heavy (non-hydrogen) atoms. The molecule has 3 rings (SSSR count). The van der Waals surface area contributed by atoms with Gasteiger partial charge in [-0.25, -0.2) is 0 Å². The molecule has 1 saturated carbocycles. The smallest absolute Gasteiger partial charge is 0.223 e. The van der Waals surface area contributed by atoms with Crippen LogP contribution in [0.4, 0.5) is 0 Å². The molecule has 1 saturated heterocycles. The van der Waals surface area contributed by atoms with Gasteiger partial charge in [0.2, 0.25) is 5.91 Å². The first kappa shape index (κ1) is 14.2. The Kier molecular flexibility index (Phi) is 4.66. The average Bonchev–Trinajstić information content (AvgIpc) is 2.84. The Morgan fingerprint density at radius 1 is 1.26 bits per heavy atom. The molecule has 0 aromatic heterocycles. The van der Waals surface area contributed by atoms with E-state index >= 15 is 0 Å². The van der Waals surface area contributed by atoms with E-state index in [4.69, 9.17) is 4.74 Å². The lowest BCUT2D eigenvalue weighted by atomic mass is 10.3. The second-order valence-corrected chi connectivity index (χ2v) is 4.99. The molecule has 1 aliphatic heterocycles. The number of carbonyl (C=O) groups is 1. The fraction of sp³-hybridized carbons (Fsp3) is 0.500. The summed E-state index contributed by atoms with van der Waals surface area (Å²) >= 11 is 0. The Morgan fingerprint density at radius 2 is 1.95 bits per heavy atom. The molecule has 1 aromatic rings. The summed E-state index contributed by atoms with van der Waals surface area (Å²) in [6, 6.07) is 10.0. The van der Waals surface area contributed by atoms with Crippen LogP contribution in [0.25, 0.3) is 0 Å². The molecular formula is C14H19ClN2O2. The first-order chi connectivity index (χ1) is 8.84. The van der Waals surface area contributed by atoms with Crippen molar-refractivity contribution in [1.29, 1.82) is 0 Å². The molecule has 2 fully saturated rings. The molecule has 5 heteroatoms. The van der Waals surface area contributed by atoms with Gasteiger partial charge in [0, 0.05) is 19.1 Å². The van der Waals surface area contributed by atoms with Crippen molar-refractivity contribution < 1.29 is 9.53 Å². The maximum Gasteiger partial charge on any atom is 0.223 e. The summed E-state index contributed by atoms with van der Waals surface area (Å²) in [5.74, 6) is 2.26. The highest BCUT2D eigenvalue weighted by Gasteiger charge is 2.53. The minimum Gasteiger partial charge on any atom is -0.493 e. The van der Waals surface area contributed by atoms with Crippen molar-refractivity contribution in [2.24, 2.45) is 11.8 Å². The number of nitrogens with one attached hydrogen (secondary N) is 2. The van der Waals surface area contributed by atoms with Gasteiger partial charge >= 0.3 is 0 Å². The van der Waals surface area contributed by atoms with Gasteiger partial charge in [-0.1, -0.05) is 18.2 Å². The Labute approximate surface area is 119 Å². The monoisotopic (exact) mass is 282 g/mol. The van der Waals surface area contributed by atoms with Crippen molar-refractivity contribution in [3.05, 3.63) is 30.3 Å². The van der Waals surface area contributed by atoms with Crippen LogP contribution in [0.5, 0.6) is 5.75 Å². The van der Waals surface area contributed by atoms with E-state index in [2.05, 4.69) is 10.6 Å². The molecule has 0 bridgehead atoms. The zero-order valence-electron chi connectivity index (χ0n) is 10.7. The van der Waals surface area contributed by atoms with Gasteiger partial charge in [0.05, 0.1) is 13.0 Å². The van der Waals surface area contributed by atoms with Gasteiger partial charge in [-0.3, -0.25) is 4.79 Å². The topological polar surface area (TPSA) is 50.4 Å². The average molecular weight is 283 g/mol. The van der Waals surface area contributed by atoms with Gasteiger partial charge in [-0.2, -0.15) is 0 Å². The maximum absolute atomic E-state index is 11.7. The van der Waals surface area contributed by atoms with Gasteiger partial charge in [0.1, 0.15) is 5.75 Å². The Morgan fingerprint density at radius 3 is 2.63 bits per heavy atom. The number of para-hydroxylation sites is 1. The number of fused-ring (bicyclic) bond motifs is 1. The lowest BCUT2D eigenvalue weighted by molar-refractivity contribution is -0.121. The molecule has 1 amide bonds. The van der Waals surface area contributed by atoms with Gasteiger partial charge in [-0.15, -0.1) is 12.4 Å². The molecule has 4 nitrogen and oxygen atoms in total. The summed E-state index contributed by atoms with van der Waals surface area (Å²) in [5.41, 5.74) is 0. The third kappa shape index (κ3) is 3.39. The predicted molar refractivity (Wildman–Crippen MR) is 75.6 cm³/mol. The van der Waals surface area contributed by atoms with Crippen LogP contribution in [-0.4, -0.2) is 31.6 Å². The van der Waals surface area contributed by atoms with Crippen LogP contribution in [0.2, 0.25) is 0 Å². The van der Waals surface area contributed by atoms with Crippen molar-refractivity contribution in [1.82, 2.24) is 10.6 Å². The van der Waals surface area contributed by atoms with Crippen LogP contribution in [0.3, 0.4) is 0 Å². The van der Waals surface area contributed by atoms with Crippen molar-refractivity contribution >= 4 is 18.3 Å². The number of hydrogen-bond donors (Lipinski definition) is 2. The third-order valence-electron chi connectivity index (χ3n) is 3.76. The van der Waals surface area contributed by atoms with E-state index in [0.717, 1.165) is 18.8 Å². The molecule has 0 spiro atoms. The summed E-state index contributed by atoms with van der Waals surface area (Å²) < 4.78 is 5.50. The molecule has 1 heterocycles. The minimum atomic E-state index is 0. The van der Waals surface area contributed by atoms with E-state index < -0.39 is 0 Å². The molecule has 2 atom stereocenters. The number of hydrogen-bond acceptors (Lipinski definition) is 3. The van der Waals surface area contributed by atoms with Crippen molar-refractivity contribution in [3.63, 3.8) is 0 Å². The van der Waals surface area contributed by atoms with Crippen LogP contribution in [0.1, 0.15) is 6.42 Å². The summed E-state index contributed by atoms with van der Waals surface area (Å²) in [7, 11) is 0. The number of rotatable bonds is 5. The van der Waals surface area contributed by atoms with E-state index in [1.165, 1.54) is 0 Å². The van der Waals surface area contributed by atoms with Crippen LogP contribution in [-0.2, 0) is 4.79 Å². The molecule has 2 unspecified atom stereocenters. The van der Waals surface area contributed by atoms with E-state index in [1.54, 1.807) is 0 Å². The lowest BCUT2D eigenvalue weighted by Crippen LogP contribution is -2.33. The van der Waals surface area contributed by atoms with Crippen molar-refractivity contribution in [3.8, 4) is 5.75 Å². The highest BCUT2D eigenvalue weighted by Crippen LogP contribution is 2.41. The number of carbonyl (C=O) groups excluding carboxylic acids is 1. The van der Waals surface area contributed by atoms with E-state index in [-0.39, 0.29) is 18.3 Å². The normalized spacial score (nSPS) is 27.1. The lowest BCUT2D eigenvalue weighted by Gasteiger charge is -2.08. The van der Waals surface area contributed by atoms with Gasteiger partial charge < -0.3 is 15.4 Å². The van der Waals surface area contributed by atoms with Gasteiger partial charge in [0.15, 0.2) is 0 Å². The van der Waals surface area contributed by atoms with E-state index in [9.17, 15) is 4.79 Å². The number of halogens is 1. The zero-order valence-corrected chi connectivity index (χ0v) is 11.5. The Balaban J connectivity index is 0.00000133. The van der Waals surface area contributed by atoms with E-state index in [1.807, 2.05) is 30.3 Å². The van der Waals surface area contributed by atoms with Crippen LogP contribution in [0.15, 0.2) is 30.3 Å². The number of ether oxygens (including phenoxy) is 1. The highest BCUT2D eigenvalue weighted by atomic mass is 35.5. The van der Waals surface area contributed by atoms with Gasteiger partial charge in [0.25, 0.3) is 0 Å². The first-order valence-corrected chi connectivity index (χ1v) is 6.52. The summed E-state index contributed by atoms with van der Waals surface area (Å²) in [6.45, 7) is 2.54. The molecule has 1 aromatic carbocycles. The van der Waals surface area contributed by atoms with Crippen LogP contribution in [0, 0.1) is 11.8 Å². The SMILES string of the molecule is Cl.O=C(CCOc1ccccc1)NC1C2CNCC21. The fourth-order valence-corrected chi connectivity index (χ4v) is 2.67. The van der Waals surface area contributed by atoms with Crippen LogP contribution >= 0.6 is 12.4 Å². The highest BCUT2D eigenvalue weighted by molar-refractivity contribution is 5.85. The van der Waals surface area contributed by atoms with Crippen molar-refractivity contribution in [2.75, 3.05) is 19.7 Å². The summed E-state index contributed by atoms with van der Waals surface area (Å²) in [6.07, 6.45) is 0.429. The molecular weight excluding hydrogens is 264 g/mol. The predicted octanol–water partition coefficient (Wildman–Crippen LogP) is 1.21. The first-order valence-electron chi connectivity index (χ1n) is 6.52. The fourth-order valence-electron chi connectivity index (χ4n) is 2.67. The molecule has 0 radical (unpaired) electrons. The van der Waals surface area contributed by atoms with Gasteiger partial charge in [-0.05, 0) is 24.0 Å². The zero-order chi connectivity index (χ0) is 12.4. The molecule has 104 valence electrons. The van der Waals surface area contributed by atoms with Crippen LogP contribution < -0.4 is 15.4 Å². The standard InChI is InChI=1S/C14H18N2O2.ClH/c17-13(16-14-11-8-15-9-12(11)14)6-7-18-10-4-2-1-3-5-10;/h1-5,11-12,14-15H,6-9H2,(H,16,17);1H. The second kappa shape index (κ2) is 6.26. The largest absolute Gasteiger partial charge is 0.493 e. The third-order valence-corrected chi connectivity index (χ3v) is 3.76. The minimum absolute atomic E-state index is 0. The second-order valence-electron chi connectivity index (χ2n) is 4.99.